The summed E-state index contributed by atoms with van der Waals surface area (Å²) in [6.07, 6.45) is 0. The molecule has 1 nitrogen and oxygen atoms in total. The first-order valence-corrected chi connectivity index (χ1v) is 18.2. The molecular weight excluding hydrogens is 623 g/mol. The van der Waals surface area contributed by atoms with Crippen LogP contribution >= 0.6 is 11.3 Å². The highest BCUT2D eigenvalue weighted by atomic mass is 32.1. The molecule has 0 bridgehead atoms. The fourth-order valence-corrected chi connectivity index (χ4v) is 9.84. The molecule has 0 fully saturated rings. The summed E-state index contributed by atoms with van der Waals surface area (Å²) >= 11 is 1.88. The van der Waals surface area contributed by atoms with Crippen LogP contribution < -0.4 is 0 Å². The van der Waals surface area contributed by atoms with Gasteiger partial charge in [-0.25, -0.2) is 0 Å². The van der Waals surface area contributed by atoms with E-state index in [1.165, 1.54) is 114 Å². The number of aryl methyl sites for hydroxylation is 2. The number of fused-ring (bicyclic) bond motifs is 9. The first kappa shape index (κ1) is 27.9. The first-order chi connectivity index (χ1) is 24.6. The molecule has 234 valence electrons. The Morgan fingerprint density at radius 2 is 1.06 bits per heavy atom. The third kappa shape index (κ3) is 3.77. The van der Waals surface area contributed by atoms with E-state index >= 15 is 0 Å². The molecule has 0 saturated carbocycles. The highest BCUT2D eigenvalue weighted by Crippen LogP contribution is 2.50. The summed E-state index contributed by atoms with van der Waals surface area (Å²) in [6, 6.07) is 56.7. The van der Waals surface area contributed by atoms with Gasteiger partial charge in [0.15, 0.2) is 0 Å². The summed E-state index contributed by atoms with van der Waals surface area (Å²) in [6.45, 7) is 4.47. The van der Waals surface area contributed by atoms with Gasteiger partial charge in [-0.05, 0) is 123 Å². The lowest BCUT2D eigenvalue weighted by atomic mass is 9.92. The van der Waals surface area contributed by atoms with Crippen molar-refractivity contribution in [1.29, 1.82) is 0 Å². The Morgan fingerprint density at radius 3 is 1.90 bits per heavy atom. The van der Waals surface area contributed by atoms with Crippen LogP contribution in [0.5, 0.6) is 0 Å². The minimum absolute atomic E-state index is 1.19. The number of aromatic nitrogens is 1. The van der Waals surface area contributed by atoms with E-state index in [1.54, 1.807) is 0 Å². The molecule has 10 aromatic rings. The minimum atomic E-state index is 1.19. The van der Waals surface area contributed by atoms with E-state index in [0.29, 0.717) is 0 Å². The van der Waals surface area contributed by atoms with Gasteiger partial charge in [0.25, 0.3) is 0 Å². The molecule has 0 unspecified atom stereocenters. The molecule has 50 heavy (non-hydrogen) atoms. The van der Waals surface area contributed by atoms with Gasteiger partial charge in [0, 0.05) is 36.6 Å². The second-order valence-corrected chi connectivity index (χ2v) is 14.8. The van der Waals surface area contributed by atoms with Gasteiger partial charge in [0.2, 0.25) is 0 Å². The normalized spacial score (nSPS) is 12.2. The van der Waals surface area contributed by atoms with Crippen molar-refractivity contribution in [1.82, 2.24) is 4.57 Å². The van der Waals surface area contributed by atoms with Gasteiger partial charge in [0.1, 0.15) is 0 Å². The van der Waals surface area contributed by atoms with Crippen LogP contribution in [0.1, 0.15) is 11.1 Å². The maximum atomic E-state index is 2.47. The van der Waals surface area contributed by atoms with Crippen LogP contribution in [0.25, 0.3) is 103 Å². The van der Waals surface area contributed by atoms with E-state index in [1.807, 2.05) is 11.3 Å². The molecule has 1 aliphatic carbocycles. The van der Waals surface area contributed by atoms with Crippen LogP contribution in [0.2, 0.25) is 0 Å². The fraction of sp³-hybridized carbons (Fsp3) is 0.0417. The maximum absolute atomic E-state index is 2.47. The molecule has 11 rings (SSSR count). The smallest absolute Gasteiger partial charge is 0.0547 e. The third-order valence-corrected chi connectivity index (χ3v) is 12.2. The van der Waals surface area contributed by atoms with Crippen molar-refractivity contribution in [2.75, 3.05) is 0 Å². The number of benzene rings is 8. The van der Waals surface area contributed by atoms with Gasteiger partial charge in [-0.1, -0.05) is 109 Å². The monoisotopic (exact) mass is 653 g/mol. The van der Waals surface area contributed by atoms with Crippen molar-refractivity contribution < 1.29 is 0 Å². The van der Waals surface area contributed by atoms with E-state index < -0.39 is 0 Å². The number of hydrogen-bond donors (Lipinski definition) is 0. The predicted octanol–water partition coefficient (Wildman–Crippen LogP) is 13.9. The summed E-state index contributed by atoms with van der Waals surface area (Å²) in [5.74, 6) is 0. The Labute approximate surface area is 294 Å². The largest absolute Gasteiger partial charge is 0.309 e. The third-order valence-electron chi connectivity index (χ3n) is 11.0. The van der Waals surface area contributed by atoms with Crippen molar-refractivity contribution in [2.24, 2.45) is 0 Å². The molecule has 0 amide bonds. The van der Waals surface area contributed by atoms with Crippen molar-refractivity contribution in [3.8, 4) is 50.2 Å². The van der Waals surface area contributed by atoms with Crippen LogP contribution in [0.3, 0.4) is 0 Å². The molecule has 0 radical (unpaired) electrons. The molecule has 0 N–H and O–H groups in total. The van der Waals surface area contributed by atoms with Gasteiger partial charge < -0.3 is 4.57 Å². The highest BCUT2D eigenvalue weighted by molar-refractivity contribution is 7.25. The lowest BCUT2D eigenvalue weighted by Crippen LogP contribution is -1.94. The Balaban J connectivity index is 1.13. The van der Waals surface area contributed by atoms with Crippen LogP contribution in [0.4, 0.5) is 0 Å². The van der Waals surface area contributed by atoms with E-state index in [2.05, 4.69) is 170 Å². The SMILES string of the molecule is Cc1ccccc1-c1c(C)ccc2c1c1ccccc1n2-c1ccc2sc3ccc(-c4ccc5c6c(cccc46)-c4ccccc4-5)cc3c2c1. The van der Waals surface area contributed by atoms with Crippen LogP contribution in [-0.2, 0) is 0 Å². The average Bonchev–Trinajstić information content (AvgIpc) is 3.80. The van der Waals surface area contributed by atoms with Crippen molar-refractivity contribution in [2.45, 2.75) is 13.8 Å². The van der Waals surface area contributed by atoms with Crippen LogP contribution in [-0.4, -0.2) is 4.57 Å². The van der Waals surface area contributed by atoms with E-state index in [4.69, 9.17) is 0 Å². The van der Waals surface area contributed by atoms with Crippen LogP contribution in [0.15, 0.2) is 152 Å². The predicted molar refractivity (Wildman–Crippen MR) is 216 cm³/mol. The molecule has 0 atom stereocenters. The average molecular weight is 654 g/mol. The zero-order chi connectivity index (χ0) is 33.1. The summed E-state index contributed by atoms with van der Waals surface area (Å²) in [7, 11) is 0. The molecule has 0 saturated heterocycles. The maximum Gasteiger partial charge on any atom is 0.0547 e. The number of rotatable bonds is 3. The summed E-state index contributed by atoms with van der Waals surface area (Å²) in [5.41, 5.74) is 16.8. The number of para-hydroxylation sites is 1. The summed E-state index contributed by atoms with van der Waals surface area (Å²) in [4.78, 5) is 0. The van der Waals surface area contributed by atoms with Gasteiger partial charge in [-0.2, -0.15) is 0 Å². The quantitative estimate of drug-likeness (QED) is 0.179. The lowest BCUT2D eigenvalue weighted by molar-refractivity contribution is 1.19. The number of thiophene rings is 1. The molecule has 2 heterocycles. The van der Waals surface area contributed by atoms with E-state index in [9.17, 15) is 0 Å². The Morgan fingerprint density at radius 1 is 0.400 bits per heavy atom. The minimum Gasteiger partial charge on any atom is -0.309 e. The summed E-state index contributed by atoms with van der Waals surface area (Å²) < 4.78 is 5.10. The standard InChI is InChI=1S/C48H31NS/c1-28-10-3-4-11-32(28)46-29(2)18-23-43-48(46)39-14-7-8-17-42(39)49(43)31-20-25-45-41(27-31)40-26-30(19-24-44(40)50-45)33-21-22-38-35-13-6-5-12-34(35)37-16-9-15-36(33)47(37)38/h3-27H,1-2H3. The highest BCUT2D eigenvalue weighted by Gasteiger charge is 2.23. The number of nitrogens with zero attached hydrogens (tertiary/aromatic N) is 1. The molecule has 2 aromatic heterocycles. The zero-order valence-corrected chi connectivity index (χ0v) is 28.6. The van der Waals surface area contributed by atoms with Crippen molar-refractivity contribution in [3.63, 3.8) is 0 Å². The van der Waals surface area contributed by atoms with Gasteiger partial charge >= 0.3 is 0 Å². The molecule has 1 aliphatic rings. The molecule has 0 spiro atoms. The van der Waals surface area contributed by atoms with E-state index in [0.717, 1.165) is 0 Å². The lowest BCUT2D eigenvalue weighted by Gasteiger charge is -2.13. The van der Waals surface area contributed by atoms with Crippen LogP contribution in [0, 0.1) is 13.8 Å². The Hall–Kier alpha value is -5.96. The van der Waals surface area contributed by atoms with E-state index in [-0.39, 0.29) is 0 Å². The Bertz CT molecular complexity index is 3030. The van der Waals surface area contributed by atoms with Crippen molar-refractivity contribution in [3.05, 3.63) is 163 Å². The topological polar surface area (TPSA) is 4.93 Å². The second kappa shape index (κ2) is 10.3. The van der Waals surface area contributed by atoms with Crippen molar-refractivity contribution >= 4 is 64.1 Å². The summed E-state index contributed by atoms with van der Waals surface area (Å²) in [5, 5.41) is 7.92. The molecule has 0 aliphatic heterocycles. The van der Waals surface area contributed by atoms with Gasteiger partial charge in [-0.15, -0.1) is 11.3 Å². The van der Waals surface area contributed by atoms with Gasteiger partial charge in [-0.3, -0.25) is 0 Å². The Kier molecular flexibility index (Phi) is 5.74. The molecule has 2 heteroatoms. The number of hydrogen-bond acceptors (Lipinski definition) is 1. The van der Waals surface area contributed by atoms with Gasteiger partial charge in [0.05, 0.1) is 11.0 Å². The second-order valence-electron chi connectivity index (χ2n) is 13.7. The fourth-order valence-electron chi connectivity index (χ4n) is 8.78. The first-order valence-electron chi connectivity index (χ1n) is 17.4. The molecule has 8 aromatic carbocycles. The zero-order valence-electron chi connectivity index (χ0n) is 27.8. The molecular formula is C48H31NS.